The van der Waals surface area contributed by atoms with E-state index in [1.165, 1.54) is 22.5 Å². The summed E-state index contributed by atoms with van der Waals surface area (Å²) in [5.41, 5.74) is 0.0605. The Morgan fingerprint density at radius 1 is 1.03 bits per heavy atom. The smallest absolute Gasteiger partial charge is 0.338 e. The molecular weight excluding hydrogens is 440 g/mol. The molecule has 172 valence electrons. The molecule has 0 radical (unpaired) electrons. The van der Waals surface area contributed by atoms with Crippen molar-refractivity contribution < 1.29 is 22.7 Å². The van der Waals surface area contributed by atoms with Crippen LogP contribution >= 0.6 is 11.6 Å². The Morgan fingerprint density at radius 3 is 2.26 bits per heavy atom. The first-order chi connectivity index (χ1) is 14.7. The molecule has 0 aliphatic carbocycles. The molecule has 2 unspecified atom stereocenters. The molecule has 0 N–H and O–H groups in total. The maximum absolute atomic E-state index is 13.1. The minimum atomic E-state index is -3.82. The van der Waals surface area contributed by atoms with Gasteiger partial charge in [0.15, 0.2) is 6.61 Å². The minimum absolute atomic E-state index is 0.0605. The summed E-state index contributed by atoms with van der Waals surface area (Å²) in [5.74, 6) is -0.978. The predicted molar refractivity (Wildman–Crippen MR) is 119 cm³/mol. The number of hydrogen-bond donors (Lipinski definition) is 0. The molecule has 0 bridgehead atoms. The van der Waals surface area contributed by atoms with E-state index in [1.807, 2.05) is 13.8 Å². The van der Waals surface area contributed by atoms with Gasteiger partial charge in [-0.2, -0.15) is 4.31 Å². The molecule has 1 aromatic carbocycles. The third-order valence-electron chi connectivity index (χ3n) is 6.16. The molecule has 2 saturated heterocycles. The Labute approximate surface area is 189 Å². The highest BCUT2D eigenvalue weighted by Crippen LogP contribution is 2.28. The van der Waals surface area contributed by atoms with Crippen molar-refractivity contribution in [3.8, 4) is 0 Å². The lowest BCUT2D eigenvalue weighted by atomic mass is 9.97. The molecule has 31 heavy (non-hydrogen) atoms. The minimum Gasteiger partial charge on any atom is -0.452 e. The number of carbonyl (C=O) groups excluding carboxylic acids is 2. The molecule has 1 amide bonds. The molecule has 7 nitrogen and oxygen atoms in total. The Balaban J connectivity index is 1.71. The van der Waals surface area contributed by atoms with Crippen molar-refractivity contribution in [2.75, 3.05) is 19.7 Å². The maximum Gasteiger partial charge on any atom is 0.338 e. The number of amides is 1. The third-order valence-corrected chi connectivity index (χ3v) is 8.54. The average Bonchev–Trinajstić information content (AvgIpc) is 3.02. The third kappa shape index (κ3) is 5.59. The molecule has 2 aliphatic heterocycles. The molecule has 3 rings (SSSR count). The van der Waals surface area contributed by atoms with E-state index in [0.717, 1.165) is 44.9 Å². The highest BCUT2D eigenvalue weighted by atomic mass is 35.5. The van der Waals surface area contributed by atoms with Gasteiger partial charge >= 0.3 is 5.97 Å². The molecule has 2 heterocycles. The number of carbonyl (C=O) groups is 2. The van der Waals surface area contributed by atoms with Gasteiger partial charge in [0.2, 0.25) is 10.0 Å². The Morgan fingerprint density at radius 2 is 1.65 bits per heavy atom. The zero-order valence-corrected chi connectivity index (χ0v) is 19.8. The van der Waals surface area contributed by atoms with Crippen molar-refractivity contribution in [3.63, 3.8) is 0 Å². The van der Waals surface area contributed by atoms with E-state index >= 15 is 0 Å². The summed E-state index contributed by atoms with van der Waals surface area (Å²) in [5, 5.41) is 0.0628. The van der Waals surface area contributed by atoms with E-state index in [9.17, 15) is 18.0 Å². The summed E-state index contributed by atoms with van der Waals surface area (Å²) in [4.78, 5) is 26.8. The van der Waals surface area contributed by atoms with Gasteiger partial charge in [0.1, 0.15) is 4.90 Å². The highest BCUT2D eigenvalue weighted by molar-refractivity contribution is 7.89. The first kappa shape index (κ1) is 24.0. The summed E-state index contributed by atoms with van der Waals surface area (Å²) in [6.45, 7) is 4.50. The van der Waals surface area contributed by atoms with Crippen LogP contribution in [0.3, 0.4) is 0 Å². The van der Waals surface area contributed by atoms with Crippen LogP contribution < -0.4 is 0 Å². The van der Waals surface area contributed by atoms with Crippen LogP contribution in [0.2, 0.25) is 5.02 Å². The molecule has 0 aromatic heterocycles. The average molecular weight is 471 g/mol. The van der Waals surface area contributed by atoms with Crippen molar-refractivity contribution in [2.24, 2.45) is 0 Å². The Kier molecular flexibility index (Phi) is 7.99. The van der Waals surface area contributed by atoms with Crippen molar-refractivity contribution >= 4 is 33.5 Å². The Bertz CT molecular complexity index is 902. The van der Waals surface area contributed by atoms with E-state index in [0.29, 0.717) is 13.1 Å². The van der Waals surface area contributed by atoms with Gasteiger partial charge in [-0.05, 0) is 64.2 Å². The van der Waals surface area contributed by atoms with Gasteiger partial charge in [-0.25, -0.2) is 13.2 Å². The summed E-state index contributed by atoms with van der Waals surface area (Å²) in [6.07, 6.45) is 6.52. The number of sulfonamides is 1. The number of esters is 1. The standard InChI is InChI=1S/C22H31ClN2O5S/c1-16-8-7-9-17(2)25(16)21(26)15-30-22(27)18-10-11-19(23)20(14-18)31(28,29)24-12-5-3-4-6-13-24/h10-11,14,16-17H,3-9,12-13,15H2,1-2H3. The van der Waals surface area contributed by atoms with E-state index in [4.69, 9.17) is 16.3 Å². The molecule has 2 aliphatic rings. The van der Waals surface area contributed by atoms with Crippen LogP contribution in [-0.4, -0.2) is 61.3 Å². The first-order valence-electron chi connectivity index (χ1n) is 11.0. The largest absolute Gasteiger partial charge is 0.452 e. The van der Waals surface area contributed by atoms with E-state index < -0.39 is 16.0 Å². The van der Waals surface area contributed by atoms with Crippen LogP contribution in [0.5, 0.6) is 0 Å². The summed E-state index contributed by atoms with van der Waals surface area (Å²) in [6, 6.07) is 4.27. The van der Waals surface area contributed by atoms with Gasteiger partial charge in [0, 0.05) is 25.2 Å². The second-order valence-electron chi connectivity index (χ2n) is 8.47. The van der Waals surface area contributed by atoms with Crippen LogP contribution in [0.25, 0.3) is 0 Å². The second kappa shape index (κ2) is 10.3. The van der Waals surface area contributed by atoms with Gasteiger partial charge in [0.05, 0.1) is 10.6 Å². The second-order valence-corrected chi connectivity index (χ2v) is 10.8. The summed E-state index contributed by atoms with van der Waals surface area (Å²) >= 11 is 6.19. The quantitative estimate of drug-likeness (QED) is 0.610. The lowest BCUT2D eigenvalue weighted by molar-refractivity contribution is -0.140. The van der Waals surface area contributed by atoms with Crippen molar-refractivity contribution in [1.82, 2.24) is 9.21 Å². The number of piperidine rings is 1. The monoisotopic (exact) mass is 470 g/mol. The van der Waals surface area contributed by atoms with Crippen LogP contribution in [-0.2, 0) is 19.6 Å². The molecule has 2 fully saturated rings. The van der Waals surface area contributed by atoms with Gasteiger partial charge in [-0.15, -0.1) is 0 Å². The molecule has 9 heteroatoms. The fraction of sp³-hybridized carbons (Fsp3) is 0.636. The topological polar surface area (TPSA) is 84.0 Å². The van der Waals surface area contributed by atoms with Gasteiger partial charge in [0.25, 0.3) is 5.91 Å². The van der Waals surface area contributed by atoms with Crippen LogP contribution in [0.4, 0.5) is 0 Å². The molecule has 0 saturated carbocycles. The number of hydrogen-bond acceptors (Lipinski definition) is 5. The lowest BCUT2D eigenvalue weighted by Gasteiger charge is -2.38. The Hall–Kier alpha value is -1.64. The van der Waals surface area contributed by atoms with Crippen molar-refractivity contribution in [2.45, 2.75) is 75.8 Å². The normalized spacial score (nSPS) is 23.3. The van der Waals surface area contributed by atoms with Gasteiger partial charge < -0.3 is 9.64 Å². The van der Waals surface area contributed by atoms with E-state index in [2.05, 4.69) is 0 Å². The van der Waals surface area contributed by atoms with Crippen LogP contribution in [0, 0.1) is 0 Å². The van der Waals surface area contributed by atoms with Gasteiger partial charge in [-0.3, -0.25) is 4.79 Å². The van der Waals surface area contributed by atoms with Gasteiger partial charge in [-0.1, -0.05) is 24.4 Å². The number of nitrogens with zero attached hydrogens (tertiary/aromatic N) is 2. The zero-order chi connectivity index (χ0) is 22.6. The van der Waals surface area contributed by atoms with E-state index in [-0.39, 0.29) is 40.1 Å². The van der Waals surface area contributed by atoms with Crippen LogP contribution in [0.1, 0.15) is 69.2 Å². The van der Waals surface area contributed by atoms with E-state index in [1.54, 1.807) is 4.90 Å². The predicted octanol–water partition coefficient (Wildman–Crippen LogP) is 3.85. The molecule has 1 aromatic rings. The number of rotatable bonds is 5. The maximum atomic E-state index is 13.1. The number of ether oxygens (including phenoxy) is 1. The lowest BCUT2D eigenvalue weighted by Crippen LogP contribution is -2.49. The highest BCUT2D eigenvalue weighted by Gasteiger charge is 2.31. The summed E-state index contributed by atoms with van der Waals surface area (Å²) < 4.78 is 32.9. The SMILES string of the molecule is CC1CCCC(C)N1C(=O)COC(=O)c1ccc(Cl)c(S(=O)(=O)N2CCCCCC2)c1. The summed E-state index contributed by atoms with van der Waals surface area (Å²) in [7, 11) is -3.82. The number of likely N-dealkylation sites (tertiary alicyclic amines) is 1. The molecular formula is C22H31ClN2O5S. The van der Waals surface area contributed by atoms with Crippen molar-refractivity contribution in [3.05, 3.63) is 28.8 Å². The molecule has 2 atom stereocenters. The van der Waals surface area contributed by atoms with Crippen molar-refractivity contribution in [1.29, 1.82) is 0 Å². The van der Waals surface area contributed by atoms with Crippen LogP contribution in [0.15, 0.2) is 23.1 Å². The zero-order valence-electron chi connectivity index (χ0n) is 18.2. The fourth-order valence-corrected chi connectivity index (χ4v) is 6.46. The number of halogens is 1. The molecule has 0 spiro atoms. The number of benzene rings is 1. The fourth-order valence-electron chi connectivity index (χ4n) is 4.45. The first-order valence-corrected chi connectivity index (χ1v) is 12.8.